The molecule has 0 fully saturated rings. The fraction of sp³-hybridized carbons (Fsp3) is 0.333. The van der Waals surface area contributed by atoms with Gasteiger partial charge in [0.05, 0.1) is 20.2 Å². The minimum absolute atomic E-state index is 0.194. The zero-order chi connectivity index (χ0) is 22.1. The molecule has 0 saturated heterocycles. The maximum Gasteiger partial charge on any atom is 0.331 e. The van der Waals surface area contributed by atoms with Crippen LogP contribution in [-0.4, -0.2) is 22.8 Å². The van der Waals surface area contributed by atoms with Crippen LogP contribution in [0.4, 0.5) is 0 Å². The molecule has 6 heteroatoms. The minimum atomic E-state index is -0.338. The lowest BCUT2D eigenvalue weighted by atomic mass is 10.1. The molecule has 0 spiro atoms. The first-order valence-electron chi connectivity index (χ1n) is 10.0. The summed E-state index contributed by atoms with van der Waals surface area (Å²) < 4.78 is 8.08. The Balaban J connectivity index is 2.51. The van der Waals surface area contributed by atoms with Crippen molar-refractivity contribution in [3.8, 4) is 5.75 Å². The van der Waals surface area contributed by atoms with Crippen LogP contribution < -0.4 is 21.7 Å². The highest BCUT2D eigenvalue weighted by Gasteiger charge is 2.13. The predicted octanol–water partition coefficient (Wildman–Crippen LogP) is 3.04. The van der Waals surface area contributed by atoms with Gasteiger partial charge >= 0.3 is 5.69 Å². The first-order valence-corrected chi connectivity index (χ1v) is 10.0. The van der Waals surface area contributed by atoms with Gasteiger partial charge < -0.3 is 10.5 Å². The van der Waals surface area contributed by atoms with Crippen molar-refractivity contribution in [3.05, 3.63) is 98.4 Å². The van der Waals surface area contributed by atoms with Gasteiger partial charge in [-0.15, -0.1) is 0 Å². The summed E-state index contributed by atoms with van der Waals surface area (Å²) in [4.78, 5) is 26.0. The van der Waals surface area contributed by atoms with Crippen molar-refractivity contribution in [2.75, 3.05) is 13.7 Å². The third-order valence-corrected chi connectivity index (χ3v) is 4.74. The van der Waals surface area contributed by atoms with E-state index in [0.29, 0.717) is 31.6 Å². The number of nitrogens with zero attached hydrogens (tertiary/aromatic N) is 2. The molecule has 0 aliphatic rings. The van der Waals surface area contributed by atoms with Gasteiger partial charge in [-0.3, -0.25) is 13.9 Å². The van der Waals surface area contributed by atoms with Crippen molar-refractivity contribution in [2.24, 2.45) is 5.73 Å². The molecule has 0 bridgehead atoms. The number of nitrogens with two attached hydrogens (primary N) is 1. The number of allylic oxidation sites excluding steroid dienone is 5. The smallest absolute Gasteiger partial charge is 0.331 e. The van der Waals surface area contributed by atoms with E-state index in [2.05, 4.69) is 6.58 Å². The molecule has 1 heterocycles. The topological polar surface area (TPSA) is 79.2 Å². The first-order chi connectivity index (χ1) is 14.4. The van der Waals surface area contributed by atoms with Gasteiger partial charge in [-0.1, -0.05) is 42.5 Å². The summed E-state index contributed by atoms with van der Waals surface area (Å²) in [6.07, 6.45) is 6.92. The number of methoxy groups -OCH3 is 1. The number of aryl methyl sites for hydroxylation is 1. The second kappa shape index (κ2) is 11.2. The molecule has 1 aromatic heterocycles. The Bertz CT molecular complexity index is 1040. The molecule has 0 aliphatic carbocycles. The maximum absolute atomic E-state index is 13.3. The molecule has 0 aliphatic heterocycles. The molecule has 6 nitrogen and oxygen atoms in total. The Hall–Kier alpha value is -3.12. The third kappa shape index (κ3) is 6.19. The van der Waals surface area contributed by atoms with E-state index in [-0.39, 0.29) is 17.8 Å². The van der Waals surface area contributed by atoms with Crippen LogP contribution in [0.25, 0.3) is 0 Å². The van der Waals surface area contributed by atoms with Crippen LogP contribution in [0.1, 0.15) is 31.5 Å². The quantitative estimate of drug-likeness (QED) is 0.612. The summed E-state index contributed by atoms with van der Waals surface area (Å²) >= 11 is 0. The molecule has 30 heavy (non-hydrogen) atoms. The summed E-state index contributed by atoms with van der Waals surface area (Å²) in [5, 5.41) is 0. The van der Waals surface area contributed by atoms with E-state index in [1.165, 1.54) is 4.57 Å². The van der Waals surface area contributed by atoms with Gasteiger partial charge in [0.25, 0.3) is 5.56 Å². The van der Waals surface area contributed by atoms with Crippen molar-refractivity contribution in [1.29, 1.82) is 0 Å². The molecule has 0 atom stereocenters. The second-order valence-corrected chi connectivity index (χ2v) is 7.36. The monoisotopic (exact) mass is 409 g/mol. The van der Waals surface area contributed by atoms with E-state index in [4.69, 9.17) is 10.5 Å². The van der Waals surface area contributed by atoms with E-state index in [9.17, 15) is 9.59 Å². The maximum atomic E-state index is 13.3. The Morgan fingerprint density at radius 2 is 1.83 bits per heavy atom. The molecule has 0 amide bonds. The lowest BCUT2D eigenvalue weighted by Crippen LogP contribution is -2.41. The Morgan fingerprint density at radius 1 is 1.13 bits per heavy atom. The number of aromatic nitrogens is 2. The molecule has 0 saturated carbocycles. The lowest BCUT2D eigenvalue weighted by Gasteiger charge is -2.16. The average molecular weight is 410 g/mol. The van der Waals surface area contributed by atoms with Gasteiger partial charge in [0.1, 0.15) is 5.75 Å². The first kappa shape index (κ1) is 23.2. The number of ether oxygens (including phenoxy) is 1. The Morgan fingerprint density at radius 3 is 2.40 bits per heavy atom. The third-order valence-electron chi connectivity index (χ3n) is 4.74. The van der Waals surface area contributed by atoms with Crippen LogP contribution in [0.15, 0.2) is 75.9 Å². The fourth-order valence-electron chi connectivity index (χ4n) is 3.02. The lowest BCUT2D eigenvalue weighted by molar-refractivity contribution is 0.414. The standard InChI is InChI=1S/C24H31N3O3/c1-5-19(9-8-18(2)3)16-26-21(7-6-14-25)15-23(28)27(24(26)29)17-20-10-12-22(30-4)13-11-20/h5,8-13,15H,1,6-7,14,16-17,25H2,2-4H3/b19-9+. The van der Waals surface area contributed by atoms with Crippen molar-refractivity contribution in [2.45, 2.75) is 39.8 Å². The molecular weight excluding hydrogens is 378 g/mol. The zero-order valence-electron chi connectivity index (χ0n) is 18.1. The van der Waals surface area contributed by atoms with Crippen molar-refractivity contribution < 1.29 is 4.74 Å². The number of rotatable bonds is 10. The SMILES string of the molecule is C=C/C(=C\C=C(C)C)Cn1c(CCCN)cc(=O)n(Cc2ccc(OC)cc2)c1=O. The van der Waals surface area contributed by atoms with Gasteiger partial charge in [0, 0.05) is 11.8 Å². The van der Waals surface area contributed by atoms with Crippen molar-refractivity contribution in [1.82, 2.24) is 9.13 Å². The summed E-state index contributed by atoms with van der Waals surface area (Å²) in [5.74, 6) is 0.723. The minimum Gasteiger partial charge on any atom is -0.497 e. The van der Waals surface area contributed by atoms with Gasteiger partial charge in [-0.2, -0.15) is 0 Å². The summed E-state index contributed by atoms with van der Waals surface area (Å²) in [5.41, 5.74) is 8.57. The molecule has 2 aromatic rings. The van der Waals surface area contributed by atoms with Gasteiger partial charge in [-0.25, -0.2) is 4.79 Å². The highest BCUT2D eigenvalue weighted by Crippen LogP contribution is 2.12. The Labute approximate surface area is 177 Å². The molecule has 0 radical (unpaired) electrons. The van der Waals surface area contributed by atoms with Gasteiger partial charge in [-0.05, 0) is 56.5 Å². The highest BCUT2D eigenvalue weighted by molar-refractivity contribution is 5.28. The van der Waals surface area contributed by atoms with Crippen molar-refractivity contribution >= 4 is 0 Å². The van der Waals surface area contributed by atoms with Crippen LogP contribution in [-0.2, 0) is 19.5 Å². The molecule has 1 aromatic carbocycles. The molecule has 2 rings (SSSR count). The average Bonchev–Trinajstić information content (AvgIpc) is 2.74. The molecule has 0 unspecified atom stereocenters. The summed E-state index contributed by atoms with van der Waals surface area (Å²) in [6, 6.07) is 8.86. The Kier molecular flexibility index (Phi) is 8.62. The van der Waals surface area contributed by atoms with Crippen LogP contribution in [0.3, 0.4) is 0 Å². The predicted molar refractivity (Wildman–Crippen MR) is 122 cm³/mol. The van der Waals surface area contributed by atoms with E-state index in [0.717, 1.165) is 22.5 Å². The summed E-state index contributed by atoms with van der Waals surface area (Å²) in [6.45, 7) is 8.91. The largest absolute Gasteiger partial charge is 0.497 e. The highest BCUT2D eigenvalue weighted by atomic mass is 16.5. The van der Waals surface area contributed by atoms with E-state index < -0.39 is 0 Å². The van der Waals surface area contributed by atoms with Gasteiger partial charge in [0.2, 0.25) is 0 Å². The van der Waals surface area contributed by atoms with Crippen LogP contribution in [0, 0.1) is 0 Å². The number of hydrogen-bond donors (Lipinski definition) is 1. The van der Waals surface area contributed by atoms with Crippen LogP contribution in [0.5, 0.6) is 5.75 Å². The van der Waals surface area contributed by atoms with E-state index in [1.807, 2.05) is 50.3 Å². The van der Waals surface area contributed by atoms with E-state index in [1.54, 1.807) is 23.8 Å². The van der Waals surface area contributed by atoms with Crippen molar-refractivity contribution in [3.63, 3.8) is 0 Å². The number of hydrogen-bond acceptors (Lipinski definition) is 4. The van der Waals surface area contributed by atoms with E-state index >= 15 is 0 Å². The molecule has 160 valence electrons. The zero-order valence-corrected chi connectivity index (χ0v) is 18.1. The molecular formula is C24H31N3O3. The normalized spacial score (nSPS) is 11.3. The molecule has 2 N–H and O–H groups in total. The summed E-state index contributed by atoms with van der Waals surface area (Å²) in [7, 11) is 1.60. The second-order valence-electron chi connectivity index (χ2n) is 7.36. The fourth-order valence-corrected chi connectivity index (χ4v) is 3.02. The van der Waals surface area contributed by atoms with Crippen LogP contribution in [0.2, 0.25) is 0 Å². The van der Waals surface area contributed by atoms with Crippen LogP contribution >= 0.6 is 0 Å². The van der Waals surface area contributed by atoms with Gasteiger partial charge in [0.15, 0.2) is 0 Å². The number of benzene rings is 1.